The molecule has 0 atom stereocenters. The second kappa shape index (κ2) is 7.76. The highest BCUT2D eigenvalue weighted by Gasteiger charge is 2.22. The molecule has 2 saturated heterocycles. The largest absolute Gasteiger partial charge is 0.378 e. The Labute approximate surface area is 157 Å². The molecule has 3 heterocycles. The van der Waals surface area contributed by atoms with Gasteiger partial charge in [-0.25, -0.2) is 9.37 Å². The molecule has 0 aliphatic carbocycles. The van der Waals surface area contributed by atoms with Crippen LogP contribution in [0.15, 0.2) is 30.5 Å². The third-order valence-electron chi connectivity index (χ3n) is 4.95. The van der Waals surface area contributed by atoms with Crippen LogP contribution < -0.4 is 14.7 Å². The molecular weight excluding hydrogens is 347 g/mol. The first-order valence-corrected chi connectivity index (χ1v) is 9.10. The van der Waals surface area contributed by atoms with Crippen molar-refractivity contribution in [1.29, 1.82) is 5.26 Å². The average Bonchev–Trinajstić information content (AvgIpc) is 2.74. The maximum atomic E-state index is 13.4. The number of aromatic nitrogens is 2. The third-order valence-corrected chi connectivity index (χ3v) is 4.95. The summed E-state index contributed by atoms with van der Waals surface area (Å²) in [6, 6.07) is 8.39. The summed E-state index contributed by atoms with van der Waals surface area (Å²) in [6.45, 7) is 6.06. The second-order valence-electron chi connectivity index (χ2n) is 6.56. The van der Waals surface area contributed by atoms with Crippen LogP contribution in [0.1, 0.15) is 5.56 Å². The van der Waals surface area contributed by atoms with Crippen LogP contribution in [-0.4, -0.2) is 62.5 Å². The van der Waals surface area contributed by atoms with Gasteiger partial charge in [-0.15, -0.1) is 0 Å². The van der Waals surface area contributed by atoms with E-state index in [9.17, 15) is 9.65 Å². The molecule has 2 aliphatic heterocycles. The molecule has 1 aromatic heterocycles. The fourth-order valence-electron chi connectivity index (χ4n) is 3.48. The van der Waals surface area contributed by atoms with Gasteiger partial charge in [-0.3, -0.25) is 0 Å². The Bertz CT molecular complexity index is 840. The zero-order valence-corrected chi connectivity index (χ0v) is 15.0. The summed E-state index contributed by atoms with van der Waals surface area (Å²) >= 11 is 0. The minimum Gasteiger partial charge on any atom is -0.378 e. The van der Waals surface area contributed by atoms with Gasteiger partial charge in [-0.05, 0) is 24.3 Å². The molecule has 0 bridgehead atoms. The number of rotatable bonds is 3. The monoisotopic (exact) mass is 368 g/mol. The number of piperazine rings is 1. The molecule has 0 spiro atoms. The SMILES string of the molecule is N#Cc1cc(F)ccc1N1CCN(c2nccc(N3CCOCC3)n2)CC1. The topological polar surface area (TPSA) is 68.5 Å². The van der Waals surface area contributed by atoms with E-state index in [1.54, 1.807) is 12.3 Å². The molecule has 7 nitrogen and oxygen atoms in total. The first-order chi connectivity index (χ1) is 13.2. The van der Waals surface area contributed by atoms with Gasteiger partial charge in [0.2, 0.25) is 5.95 Å². The highest BCUT2D eigenvalue weighted by Crippen LogP contribution is 2.24. The summed E-state index contributed by atoms with van der Waals surface area (Å²) in [5, 5.41) is 9.27. The van der Waals surface area contributed by atoms with E-state index in [4.69, 9.17) is 9.72 Å². The summed E-state index contributed by atoms with van der Waals surface area (Å²) in [5.74, 6) is 1.26. The fraction of sp³-hybridized carbons (Fsp3) is 0.421. The van der Waals surface area contributed by atoms with Crippen molar-refractivity contribution >= 4 is 17.5 Å². The number of hydrogen-bond acceptors (Lipinski definition) is 7. The van der Waals surface area contributed by atoms with Crippen molar-refractivity contribution in [1.82, 2.24) is 9.97 Å². The smallest absolute Gasteiger partial charge is 0.227 e. The molecule has 0 saturated carbocycles. The number of anilines is 3. The van der Waals surface area contributed by atoms with Gasteiger partial charge in [0, 0.05) is 45.5 Å². The van der Waals surface area contributed by atoms with E-state index in [1.165, 1.54) is 12.1 Å². The minimum absolute atomic E-state index is 0.369. The number of nitriles is 1. The van der Waals surface area contributed by atoms with Gasteiger partial charge >= 0.3 is 0 Å². The third kappa shape index (κ3) is 3.78. The Hall–Kier alpha value is -2.92. The van der Waals surface area contributed by atoms with Crippen LogP contribution in [0, 0.1) is 17.1 Å². The number of nitrogens with zero attached hydrogens (tertiary/aromatic N) is 6. The Morgan fingerprint density at radius 1 is 0.963 bits per heavy atom. The highest BCUT2D eigenvalue weighted by atomic mass is 19.1. The molecule has 8 heteroatoms. The van der Waals surface area contributed by atoms with Gasteiger partial charge in [0.1, 0.15) is 17.7 Å². The van der Waals surface area contributed by atoms with Gasteiger partial charge in [-0.1, -0.05) is 0 Å². The Morgan fingerprint density at radius 3 is 2.44 bits per heavy atom. The van der Waals surface area contributed by atoms with Gasteiger partial charge in [-0.2, -0.15) is 10.2 Å². The molecule has 0 radical (unpaired) electrons. The second-order valence-corrected chi connectivity index (χ2v) is 6.56. The van der Waals surface area contributed by atoms with E-state index in [-0.39, 0.29) is 5.82 Å². The van der Waals surface area contributed by atoms with Gasteiger partial charge in [0.25, 0.3) is 0 Å². The van der Waals surface area contributed by atoms with Crippen molar-refractivity contribution in [2.45, 2.75) is 0 Å². The lowest BCUT2D eigenvalue weighted by molar-refractivity contribution is 0.122. The first-order valence-electron chi connectivity index (χ1n) is 9.10. The average molecular weight is 368 g/mol. The lowest BCUT2D eigenvalue weighted by Crippen LogP contribution is -2.47. The molecule has 0 unspecified atom stereocenters. The van der Waals surface area contributed by atoms with Crippen LogP contribution >= 0.6 is 0 Å². The standard InChI is InChI=1S/C19H21FN6O/c20-16-1-2-17(15(13-16)14-21)24-5-7-26(8-6-24)19-22-4-3-18(23-19)25-9-11-27-12-10-25/h1-4,13H,5-12H2. The predicted molar refractivity (Wildman–Crippen MR) is 101 cm³/mol. The highest BCUT2D eigenvalue weighted by molar-refractivity contribution is 5.60. The van der Waals surface area contributed by atoms with Crippen molar-refractivity contribution in [3.8, 4) is 6.07 Å². The Kier molecular flexibility index (Phi) is 5.03. The molecular formula is C19H21FN6O. The number of ether oxygens (including phenoxy) is 1. The van der Waals surface area contributed by atoms with E-state index in [1.807, 2.05) is 6.07 Å². The number of hydrogen-bond donors (Lipinski definition) is 0. The molecule has 4 rings (SSSR count). The zero-order chi connectivity index (χ0) is 18.6. The maximum absolute atomic E-state index is 13.4. The van der Waals surface area contributed by atoms with Gasteiger partial charge in [0.05, 0.1) is 24.5 Å². The number of benzene rings is 1. The van der Waals surface area contributed by atoms with Crippen LogP contribution in [0.25, 0.3) is 0 Å². The van der Waals surface area contributed by atoms with E-state index < -0.39 is 0 Å². The Balaban J connectivity index is 1.44. The van der Waals surface area contributed by atoms with Crippen molar-refractivity contribution in [2.24, 2.45) is 0 Å². The molecule has 1 aromatic carbocycles. The summed E-state index contributed by atoms with van der Waals surface area (Å²) in [4.78, 5) is 15.6. The normalized spacial score (nSPS) is 17.7. The van der Waals surface area contributed by atoms with E-state index in [2.05, 4.69) is 25.8 Å². The Morgan fingerprint density at radius 2 is 1.70 bits per heavy atom. The van der Waals surface area contributed by atoms with Crippen molar-refractivity contribution < 1.29 is 9.13 Å². The van der Waals surface area contributed by atoms with Crippen molar-refractivity contribution in [3.05, 3.63) is 41.8 Å². The number of halogens is 1. The predicted octanol–water partition coefficient (Wildman–Crippen LogP) is 1.65. The van der Waals surface area contributed by atoms with Gasteiger partial charge < -0.3 is 19.4 Å². The quantitative estimate of drug-likeness (QED) is 0.816. The van der Waals surface area contributed by atoms with Crippen molar-refractivity contribution in [3.63, 3.8) is 0 Å². The maximum Gasteiger partial charge on any atom is 0.227 e. The lowest BCUT2D eigenvalue weighted by Gasteiger charge is -2.36. The lowest BCUT2D eigenvalue weighted by atomic mass is 10.1. The van der Waals surface area contributed by atoms with Crippen LogP contribution in [-0.2, 0) is 4.74 Å². The van der Waals surface area contributed by atoms with Gasteiger partial charge in [0.15, 0.2) is 0 Å². The molecule has 2 aromatic rings. The van der Waals surface area contributed by atoms with Crippen LogP contribution in [0.5, 0.6) is 0 Å². The molecule has 2 fully saturated rings. The molecule has 0 N–H and O–H groups in total. The summed E-state index contributed by atoms with van der Waals surface area (Å²) in [7, 11) is 0. The summed E-state index contributed by atoms with van der Waals surface area (Å²) < 4.78 is 18.8. The number of morpholine rings is 1. The molecule has 27 heavy (non-hydrogen) atoms. The minimum atomic E-state index is -0.387. The fourth-order valence-corrected chi connectivity index (χ4v) is 3.48. The van der Waals surface area contributed by atoms with E-state index in [0.29, 0.717) is 5.56 Å². The summed E-state index contributed by atoms with van der Waals surface area (Å²) in [5.41, 5.74) is 1.15. The molecule has 0 amide bonds. The first kappa shape index (κ1) is 17.5. The van der Waals surface area contributed by atoms with E-state index in [0.717, 1.165) is 69.9 Å². The van der Waals surface area contributed by atoms with Crippen molar-refractivity contribution in [2.75, 3.05) is 67.2 Å². The molecule has 140 valence electrons. The van der Waals surface area contributed by atoms with Crippen LogP contribution in [0.3, 0.4) is 0 Å². The van der Waals surface area contributed by atoms with E-state index >= 15 is 0 Å². The van der Waals surface area contributed by atoms with Crippen LogP contribution in [0.4, 0.5) is 21.8 Å². The summed E-state index contributed by atoms with van der Waals surface area (Å²) in [6.07, 6.45) is 1.80. The molecule has 2 aliphatic rings. The zero-order valence-electron chi connectivity index (χ0n) is 15.0. The van der Waals surface area contributed by atoms with Crippen LogP contribution in [0.2, 0.25) is 0 Å².